The highest BCUT2D eigenvalue weighted by Gasteiger charge is 2.36. The summed E-state index contributed by atoms with van der Waals surface area (Å²) in [7, 11) is 0. The zero-order chi connectivity index (χ0) is 14.4. The Labute approximate surface area is 122 Å². The van der Waals surface area contributed by atoms with Crippen LogP contribution in [0.4, 0.5) is 11.4 Å². The lowest BCUT2D eigenvalue weighted by Gasteiger charge is -2.21. The predicted octanol–water partition coefficient (Wildman–Crippen LogP) is 2.85. The molecule has 4 heteroatoms. The maximum atomic E-state index is 12.5. The largest absolute Gasteiger partial charge is 0.385 e. The normalized spacial score (nSPS) is 16.5. The Morgan fingerprint density at radius 2 is 1.67 bits per heavy atom. The number of imide groups is 1. The van der Waals surface area contributed by atoms with Gasteiger partial charge in [0.1, 0.15) is 0 Å². The second-order valence-corrected chi connectivity index (χ2v) is 5.36. The first-order valence-electron chi connectivity index (χ1n) is 7.10. The molecule has 2 heterocycles. The Bertz CT molecular complexity index is 732. The smallest absolute Gasteiger partial charge is 0.266 e. The van der Waals surface area contributed by atoms with Gasteiger partial charge in [-0.2, -0.15) is 0 Å². The summed E-state index contributed by atoms with van der Waals surface area (Å²) >= 11 is 0. The fraction of sp³-hybridized carbons (Fsp3) is 0.176. The summed E-state index contributed by atoms with van der Waals surface area (Å²) in [5, 5.41) is 3.33. The average Bonchev–Trinajstić information content (AvgIpc) is 2.79. The molecule has 2 amide bonds. The first-order valence-corrected chi connectivity index (χ1v) is 7.10. The van der Waals surface area contributed by atoms with Gasteiger partial charge in [0.25, 0.3) is 11.8 Å². The second-order valence-electron chi connectivity index (χ2n) is 5.36. The van der Waals surface area contributed by atoms with Crippen LogP contribution in [0, 0.1) is 0 Å². The summed E-state index contributed by atoms with van der Waals surface area (Å²) in [6.07, 6.45) is 2.14. The van der Waals surface area contributed by atoms with E-state index >= 15 is 0 Å². The van der Waals surface area contributed by atoms with Crippen molar-refractivity contribution in [2.45, 2.75) is 12.8 Å². The zero-order valence-corrected chi connectivity index (χ0v) is 11.4. The second kappa shape index (κ2) is 4.45. The minimum Gasteiger partial charge on any atom is -0.385 e. The summed E-state index contributed by atoms with van der Waals surface area (Å²) in [4.78, 5) is 26.2. The zero-order valence-electron chi connectivity index (χ0n) is 11.4. The van der Waals surface area contributed by atoms with E-state index in [2.05, 4.69) is 5.32 Å². The molecule has 0 saturated heterocycles. The highest BCUT2D eigenvalue weighted by molar-refractivity contribution is 6.34. The van der Waals surface area contributed by atoms with Crippen LogP contribution in [-0.2, 0) is 6.42 Å². The van der Waals surface area contributed by atoms with Gasteiger partial charge in [0.2, 0.25) is 0 Å². The highest BCUT2D eigenvalue weighted by atomic mass is 16.2. The number of nitrogens with one attached hydrogen (secondary N) is 1. The van der Waals surface area contributed by atoms with Crippen LogP contribution in [0.15, 0.2) is 42.5 Å². The summed E-state index contributed by atoms with van der Waals surface area (Å²) < 4.78 is 0. The number of benzene rings is 2. The number of carbonyl (C=O) groups is 2. The van der Waals surface area contributed by atoms with E-state index in [0.717, 1.165) is 25.1 Å². The molecule has 0 saturated carbocycles. The Morgan fingerprint density at radius 1 is 0.952 bits per heavy atom. The monoisotopic (exact) mass is 278 g/mol. The SMILES string of the molecule is O=C1c2ccccc2C(=O)N1c1ccc2c(c1)NCCC2. The van der Waals surface area contributed by atoms with Crippen molar-refractivity contribution in [2.24, 2.45) is 0 Å². The fourth-order valence-electron chi connectivity index (χ4n) is 3.01. The molecule has 0 bridgehead atoms. The molecule has 21 heavy (non-hydrogen) atoms. The number of aryl methyl sites for hydroxylation is 1. The van der Waals surface area contributed by atoms with Crippen molar-refractivity contribution in [1.29, 1.82) is 0 Å². The number of hydrogen-bond donors (Lipinski definition) is 1. The van der Waals surface area contributed by atoms with Gasteiger partial charge in [0, 0.05) is 12.2 Å². The molecule has 0 atom stereocenters. The van der Waals surface area contributed by atoms with Crippen molar-refractivity contribution in [3.63, 3.8) is 0 Å². The Morgan fingerprint density at radius 3 is 2.38 bits per heavy atom. The standard InChI is InChI=1S/C17H14N2O2/c20-16-13-5-1-2-6-14(13)17(21)19(16)12-8-7-11-4-3-9-18-15(11)10-12/h1-2,5-8,10,18H,3-4,9H2. The lowest BCUT2D eigenvalue weighted by Crippen LogP contribution is -2.29. The average molecular weight is 278 g/mol. The lowest BCUT2D eigenvalue weighted by molar-refractivity contribution is 0.0926. The van der Waals surface area contributed by atoms with Gasteiger partial charge in [-0.15, -0.1) is 0 Å². The molecular weight excluding hydrogens is 264 g/mol. The quantitative estimate of drug-likeness (QED) is 0.816. The van der Waals surface area contributed by atoms with Crippen molar-refractivity contribution >= 4 is 23.2 Å². The number of carbonyl (C=O) groups excluding carboxylic acids is 2. The molecule has 2 aliphatic heterocycles. The predicted molar refractivity (Wildman–Crippen MR) is 80.8 cm³/mol. The molecule has 0 unspecified atom stereocenters. The third-order valence-electron chi connectivity index (χ3n) is 4.08. The maximum absolute atomic E-state index is 12.5. The van der Waals surface area contributed by atoms with Gasteiger partial charge < -0.3 is 5.32 Å². The lowest BCUT2D eigenvalue weighted by atomic mass is 10.0. The molecule has 0 spiro atoms. The van der Waals surface area contributed by atoms with E-state index in [0.29, 0.717) is 16.8 Å². The molecule has 0 radical (unpaired) electrons. The van der Waals surface area contributed by atoms with Crippen LogP contribution in [0.2, 0.25) is 0 Å². The third kappa shape index (κ3) is 1.76. The number of nitrogens with zero attached hydrogens (tertiary/aromatic N) is 1. The molecular formula is C17H14N2O2. The van der Waals surface area contributed by atoms with E-state index in [-0.39, 0.29) is 11.8 Å². The van der Waals surface area contributed by atoms with E-state index in [1.807, 2.05) is 18.2 Å². The van der Waals surface area contributed by atoms with Gasteiger partial charge in [-0.25, -0.2) is 4.90 Å². The molecule has 0 aliphatic carbocycles. The molecule has 2 aromatic rings. The fourth-order valence-corrected chi connectivity index (χ4v) is 3.01. The van der Waals surface area contributed by atoms with Crippen molar-refractivity contribution in [2.75, 3.05) is 16.8 Å². The van der Waals surface area contributed by atoms with Crippen LogP contribution in [0.5, 0.6) is 0 Å². The van der Waals surface area contributed by atoms with Gasteiger partial charge in [-0.1, -0.05) is 18.2 Å². The molecule has 4 nitrogen and oxygen atoms in total. The molecule has 4 rings (SSSR count). The van der Waals surface area contributed by atoms with Gasteiger partial charge >= 0.3 is 0 Å². The molecule has 0 fully saturated rings. The molecule has 0 aromatic heterocycles. The topological polar surface area (TPSA) is 49.4 Å². The molecule has 2 aliphatic rings. The van der Waals surface area contributed by atoms with Gasteiger partial charge in [-0.05, 0) is 42.7 Å². The molecule has 2 aromatic carbocycles. The maximum Gasteiger partial charge on any atom is 0.266 e. The van der Waals surface area contributed by atoms with Crippen LogP contribution in [0.25, 0.3) is 0 Å². The van der Waals surface area contributed by atoms with Crippen LogP contribution >= 0.6 is 0 Å². The van der Waals surface area contributed by atoms with Crippen LogP contribution in [0.3, 0.4) is 0 Å². The Kier molecular flexibility index (Phi) is 2.57. The number of hydrogen-bond acceptors (Lipinski definition) is 3. The summed E-state index contributed by atoms with van der Waals surface area (Å²) in [5.74, 6) is -0.488. The number of anilines is 2. The summed E-state index contributed by atoms with van der Waals surface area (Å²) in [5.41, 5.74) is 3.85. The van der Waals surface area contributed by atoms with E-state index in [9.17, 15) is 9.59 Å². The van der Waals surface area contributed by atoms with Crippen molar-refractivity contribution < 1.29 is 9.59 Å². The van der Waals surface area contributed by atoms with Gasteiger partial charge in [-0.3, -0.25) is 9.59 Å². The van der Waals surface area contributed by atoms with Crippen LogP contribution in [-0.4, -0.2) is 18.4 Å². The minimum absolute atomic E-state index is 0.244. The summed E-state index contributed by atoms with van der Waals surface area (Å²) in [6, 6.07) is 12.7. The van der Waals surface area contributed by atoms with Crippen molar-refractivity contribution in [3.05, 3.63) is 59.2 Å². The van der Waals surface area contributed by atoms with E-state index < -0.39 is 0 Å². The Balaban J connectivity index is 1.78. The van der Waals surface area contributed by atoms with E-state index in [1.54, 1.807) is 24.3 Å². The van der Waals surface area contributed by atoms with E-state index in [1.165, 1.54) is 10.5 Å². The Hall–Kier alpha value is -2.62. The summed E-state index contributed by atoms with van der Waals surface area (Å²) in [6.45, 7) is 0.929. The van der Waals surface area contributed by atoms with Crippen LogP contribution < -0.4 is 10.2 Å². The van der Waals surface area contributed by atoms with Crippen molar-refractivity contribution in [3.8, 4) is 0 Å². The number of amides is 2. The molecule has 1 N–H and O–H groups in total. The van der Waals surface area contributed by atoms with Gasteiger partial charge in [0.15, 0.2) is 0 Å². The van der Waals surface area contributed by atoms with Gasteiger partial charge in [0.05, 0.1) is 16.8 Å². The van der Waals surface area contributed by atoms with E-state index in [4.69, 9.17) is 0 Å². The first kappa shape index (κ1) is 12.1. The highest BCUT2D eigenvalue weighted by Crippen LogP contribution is 2.32. The van der Waals surface area contributed by atoms with Crippen LogP contribution in [0.1, 0.15) is 32.7 Å². The molecule has 104 valence electrons. The number of rotatable bonds is 1. The van der Waals surface area contributed by atoms with Crippen molar-refractivity contribution in [1.82, 2.24) is 0 Å². The first-order chi connectivity index (χ1) is 10.3. The third-order valence-corrected chi connectivity index (χ3v) is 4.08. The number of fused-ring (bicyclic) bond motifs is 2. The minimum atomic E-state index is -0.244.